The Morgan fingerprint density at radius 1 is 1.26 bits per heavy atom. The van der Waals surface area contributed by atoms with E-state index in [1.54, 1.807) is 12.1 Å². The van der Waals surface area contributed by atoms with Gasteiger partial charge in [-0.1, -0.05) is 24.3 Å². The lowest BCUT2D eigenvalue weighted by Crippen LogP contribution is -2.34. The van der Waals surface area contributed by atoms with Gasteiger partial charge in [0.05, 0.1) is 11.6 Å². The Balaban J connectivity index is 1.50. The monoisotopic (exact) mass is 314 g/mol. The van der Waals surface area contributed by atoms with Crippen molar-refractivity contribution in [1.82, 2.24) is 10.3 Å². The van der Waals surface area contributed by atoms with Crippen LogP contribution in [0.2, 0.25) is 0 Å². The maximum atomic E-state index is 12.0. The number of aromatic nitrogens is 1. The number of esters is 1. The molecule has 1 aromatic heterocycles. The molecule has 0 aliphatic carbocycles. The fourth-order valence-electron chi connectivity index (χ4n) is 2.47. The SMILES string of the molecule is O=C(COC(=O)c1ccc2ccccc2n1)NC[C@@H]1CCCO1. The molecule has 23 heavy (non-hydrogen) atoms. The topological polar surface area (TPSA) is 77.5 Å². The van der Waals surface area contributed by atoms with Crippen LogP contribution in [0.25, 0.3) is 10.9 Å². The van der Waals surface area contributed by atoms with Crippen molar-refractivity contribution in [1.29, 1.82) is 0 Å². The van der Waals surface area contributed by atoms with E-state index in [0.717, 1.165) is 24.8 Å². The van der Waals surface area contributed by atoms with Crippen molar-refractivity contribution in [2.45, 2.75) is 18.9 Å². The van der Waals surface area contributed by atoms with E-state index in [1.165, 1.54) is 0 Å². The molecular formula is C17H18N2O4. The molecule has 6 heteroatoms. The number of hydrogen-bond donors (Lipinski definition) is 1. The first kappa shape index (κ1) is 15.4. The number of ether oxygens (including phenoxy) is 2. The summed E-state index contributed by atoms with van der Waals surface area (Å²) in [7, 11) is 0. The molecule has 2 aromatic rings. The van der Waals surface area contributed by atoms with E-state index in [9.17, 15) is 9.59 Å². The molecule has 1 saturated heterocycles. The van der Waals surface area contributed by atoms with Crippen LogP contribution in [0.4, 0.5) is 0 Å². The molecule has 1 aliphatic rings. The van der Waals surface area contributed by atoms with E-state index in [2.05, 4.69) is 10.3 Å². The minimum atomic E-state index is -0.608. The molecule has 1 aromatic carbocycles. The Hall–Kier alpha value is -2.47. The Morgan fingerprint density at radius 2 is 2.13 bits per heavy atom. The van der Waals surface area contributed by atoms with Crippen LogP contribution >= 0.6 is 0 Å². The number of carbonyl (C=O) groups excluding carboxylic acids is 2. The molecule has 2 heterocycles. The van der Waals surface area contributed by atoms with Crippen molar-refractivity contribution in [3.8, 4) is 0 Å². The van der Waals surface area contributed by atoms with Crippen LogP contribution in [0.15, 0.2) is 36.4 Å². The zero-order valence-corrected chi connectivity index (χ0v) is 12.7. The summed E-state index contributed by atoms with van der Waals surface area (Å²) >= 11 is 0. The van der Waals surface area contributed by atoms with Gasteiger partial charge in [-0.2, -0.15) is 0 Å². The second kappa shape index (κ2) is 7.19. The number of pyridine rings is 1. The first-order chi connectivity index (χ1) is 11.2. The highest BCUT2D eigenvalue weighted by Crippen LogP contribution is 2.12. The molecular weight excluding hydrogens is 296 g/mol. The third-order valence-corrected chi connectivity index (χ3v) is 3.69. The van der Waals surface area contributed by atoms with Gasteiger partial charge in [0.25, 0.3) is 5.91 Å². The number of carbonyl (C=O) groups is 2. The predicted molar refractivity (Wildman–Crippen MR) is 84.0 cm³/mol. The van der Waals surface area contributed by atoms with E-state index in [1.807, 2.05) is 24.3 Å². The lowest BCUT2D eigenvalue weighted by atomic mass is 10.2. The number of fused-ring (bicyclic) bond motifs is 1. The molecule has 0 radical (unpaired) electrons. The van der Waals surface area contributed by atoms with Crippen molar-refractivity contribution in [2.24, 2.45) is 0 Å². The van der Waals surface area contributed by atoms with Crippen LogP contribution in [0, 0.1) is 0 Å². The maximum absolute atomic E-state index is 12.0. The van der Waals surface area contributed by atoms with Crippen molar-refractivity contribution in [3.05, 3.63) is 42.1 Å². The summed E-state index contributed by atoms with van der Waals surface area (Å²) < 4.78 is 10.4. The highest BCUT2D eigenvalue weighted by molar-refractivity contribution is 5.92. The van der Waals surface area contributed by atoms with Crippen LogP contribution in [0.5, 0.6) is 0 Å². The summed E-state index contributed by atoms with van der Waals surface area (Å²) in [5, 5.41) is 3.64. The summed E-state index contributed by atoms with van der Waals surface area (Å²) in [4.78, 5) is 27.9. The molecule has 1 atom stereocenters. The third-order valence-electron chi connectivity index (χ3n) is 3.69. The highest BCUT2D eigenvalue weighted by Gasteiger charge is 2.17. The van der Waals surface area contributed by atoms with Gasteiger partial charge in [0.2, 0.25) is 0 Å². The van der Waals surface area contributed by atoms with E-state index >= 15 is 0 Å². The molecule has 1 N–H and O–H groups in total. The van der Waals surface area contributed by atoms with Gasteiger partial charge in [0.1, 0.15) is 5.69 Å². The van der Waals surface area contributed by atoms with Gasteiger partial charge in [-0.25, -0.2) is 9.78 Å². The van der Waals surface area contributed by atoms with Crippen molar-refractivity contribution in [3.63, 3.8) is 0 Å². The standard InChI is InChI=1S/C17H18N2O4/c20-16(18-10-13-5-3-9-22-13)11-23-17(21)15-8-7-12-4-1-2-6-14(12)19-15/h1-2,4,6-8,13H,3,5,9-11H2,(H,18,20)/t13-/m0/s1. The number of rotatable bonds is 5. The van der Waals surface area contributed by atoms with Crippen molar-refractivity contribution >= 4 is 22.8 Å². The summed E-state index contributed by atoms with van der Waals surface area (Å²) in [5.74, 6) is -0.947. The van der Waals surface area contributed by atoms with Crippen LogP contribution in [0.3, 0.4) is 0 Å². The third kappa shape index (κ3) is 4.04. The fraction of sp³-hybridized carbons (Fsp3) is 0.353. The second-order valence-electron chi connectivity index (χ2n) is 5.40. The van der Waals surface area contributed by atoms with E-state index in [-0.39, 0.29) is 24.3 Å². The molecule has 3 rings (SSSR count). The number of para-hydroxylation sites is 1. The zero-order chi connectivity index (χ0) is 16.1. The first-order valence-electron chi connectivity index (χ1n) is 7.63. The summed E-state index contributed by atoms with van der Waals surface area (Å²) in [6, 6.07) is 10.9. The van der Waals surface area contributed by atoms with Gasteiger partial charge in [-0.3, -0.25) is 4.79 Å². The molecule has 1 aliphatic heterocycles. The summed E-state index contributed by atoms with van der Waals surface area (Å²) in [5.41, 5.74) is 0.903. The number of amides is 1. The highest BCUT2D eigenvalue weighted by atomic mass is 16.5. The number of nitrogens with zero attached hydrogens (tertiary/aromatic N) is 1. The maximum Gasteiger partial charge on any atom is 0.357 e. The average Bonchev–Trinajstić information content (AvgIpc) is 3.11. The van der Waals surface area contributed by atoms with Gasteiger partial charge >= 0.3 is 5.97 Å². The molecule has 0 saturated carbocycles. The Bertz CT molecular complexity index is 711. The molecule has 1 fully saturated rings. The number of benzene rings is 1. The zero-order valence-electron chi connectivity index (χ0n) is 12.7. The van der Waals surface area contributed by atoms with Gasteiger partial charge in [0.15, 0.2) is 6.61 Å². The molecule has 120 valence electrons. The van der Waals surface area contributed by atoms with E-state index < -0.39 is 5.97 Å². The van der Waals surface area contributed by atoms with Gasteiger partial charge in [-0.05, 0) is 25.0 Å². The lowest BCUT2D eigenvalue weighted by molar-refractivity contribution is -0.124. The molecule has 1 amide bonds. The molecule has 0 unspecified atom stereocenters. The van der Waals surface area contributed by atoms with Gasteiger partial charge in [0, 0.05) is 18.5 Å². The van der Waals surface area contributed by atoms with Crippen LogP contribution in [0.1, 0.15) is 23.3 Å². The normalized spacial score (nSPS) is 17.1. The second-order valence-corrected chi connectivity index (χ2v) is 5.40. The summed E-state index contributed by atoms with van der Waals surface area (Å²) in [6.45, 7) is 0.869. The molecule has 0 bridgehead atoms. The van der Waals surface area contributed by atoms with Crippen LogP contribution in [-0.2, 0) is 14.3 Å². The average molecular weight is 314 g/mol. The van der Waals surface area contributed by atoms with Crippen molar-refractivity contribution < 1.29 is 19.1 Å². The van der Waals surface area contributed by atoms with Crippen LogP contribution in [-0.4, -0.2) is 42.7 Å². The van der Waals surface area contributed by atoms with Gasteiger partial charge in [-0.15, -0.1) is 0 Å². The van der Waals surface area contributed by atoms with Crippen molar-refractivity contribution in [2.75, 3.05) is 19.8 Å². The largest absolute Gasteiger partial charge is 0.451 e. The Morgan fingerprint density at radius 3 is 2.96 bits per heavy atom. The number of nitrogens with one attached hydrogen (secondary N) is 1. The quantitative estimate of drug-likeness (QED) is 0.850. The van der Waals surface area contributed by atoms with E-state index in [4.69, 9.17) is 9.47 Å². The van der Waals surface area contributed by atoms with Crippen LogP contribution < -0.4 is 5.32 Å². The fourth-order valence-corrected chi connectivity index (χ4v) is 2.47. The van der Waals surface area contributed by atoms with E-state index in [0.29, 0.717) is 12.1 Å². The lowest BCUT2D eigenvalue weighted by Gasteiger charge is -2.10. The predicted octanol–water partition coefficient (Wildman–Crippen LogP) is 1.69. The Kier molecular flexibility index (Phi) is 4.83. The smallest absolute Gasteiger partial charge is 0.357 e. The number of hydrogen-bond acceptors (Lipinski definition) is 5. The van der Waals surface area contributed by atoms with Gasteiger partial charge < -0.3 is 14.8 Å². The first-order valence-corrected chi connectivity index (χ1v) is 7.63. The molecule has 6 nitrogen and oxygen atoms in total. The summed E-state index contributed by atoms with van der Waals surface area (Å²) in [6.07, 6.45) is 2.03. The minimum Gasteiger partial charge on any atom is -0.451 e. The minimum absolute atomic E-state index is 0.0665. The molecule has 0 spiro atoms. The Labute approximate surface area is 133 Å².